The number of aromatic carboxylic acids is 1. The van der Waals surface area contributed by atoms with E-state index in [2.05, 4.69) is 10.2 Å². The molecular weight excluding hydrogens is 341 g/mol. The standard InChI is InChI=1S/C11H14N2O2.CHF3O3S/c14-11(15)9-2-1-3-10(8-9)13-6-4-12-5-7-13;2-1(3,4)8(5,6)7/h1-3,8,12H,4-7H2,(H,14,15);(H,5,6,7). The highest BCUT2D eigenvalue weighted by atomic mass is 32.2. The van der Waals surface area contributed by atoms with Crippen LogP contribution >= 0.6 is 0 Å². The Morgan fingerprint density at radius 1 is 1.22 bits per heavy atom. The van der Waals surface area contributed by atoms with Gasteiger partial charge in [-0.05, 0) is 18.2 Å². The van der Waals surface area contributed by atoms with Crippen LogP contribution in [0, 0.1) is 0 Å². The summed E-state index contributed by atoms with van der Waals surface area (Å²) in [6.45, 7) is 3.78. The lowest BCUT2D eigenvalue weighted by Crippen LogP contribution is -2.43. The van der Waals surface area contributed by atoms with Crippen LogP contribution in [0.15, 0.2) is 24.3 Å². The van der Waals surface area contributed by atoms with Crippen LogP contribution in [0.5, 0.6) is 0 Å². The maximum Gasteiger partial charge on any atom is 0.522 e. The van der Waals surface area contributed by atoms with E-state index in [1.54, 1.807) is 18.2 Å². The maximum absolute atomic E-state index is 10.8. The summed E-state index contributed by atoms with van der Waals surface area (Å²) in [5, 5.41) is 12.1. The number of hydrogen-bond donors (Lipinski definition) is 3. The van der Waals surface area contributed by atoms with Gasteiger partial charge in [0.1, 0.15) is 0 Å². The van der Waals surface area contributed by atoms with Crippen LogP contribution in [0.2, 0.25) is 0 Å². The van der Waals surface area contributed by atoms with Crippen molar-refractivity contribution in [1.82, 2.24) is 5.32 Å². The van der Waals surface area contributed by atoms with E-state index in [0.717, 1.165) is 31.9 Å². The molecule has 11 heteroatoms. The molecule has 2 rings (SSSR count). The molecule has 0 aliphatic carbocycles. The van der Waals surface area contributed by atoms with Crippen molar-refractivity contribution in [2.24, 2.45) is 0 Å². The second-order valence-corrected chi connectivity index (χ2v) is 5.93. The van der Waals surface area contributed by atoms with Crippen LogP contribution < -0.4 is 10.2 Å². The van der Waals surface area contributed by atoms with Gasteiger partial charge in [0.05, 0.1) is 5.56 Å². The van der Waals surface area contributed by atoms with Gasteiger partial charge in [-0.2, -0.15) is 21.6 Å². The van der Waals surface area contributed by atoms with E-state index in [4.69, 9.17) is 18.1 Å². The topological polar surface area (TPSA) is 107 Å². The Labute approximate surface area is 130 Å². The van der Waals surface area contributed by atoms with Crippen molar-refractivity contribution >= 4 is 21.8 Å². The molecule has 3 N–H and O–H groups in total. The molecule has 0 radical (unpaired) electrons. The second-order valence-electron chi connectivity index (χ2n) is 4.51. The van der Waals surface area contributed by atoms with Crippen molar-refractivity contribution in [3.8, 4) is 0 Å². The maximum atomic E-state index is 10.8. The number of alkyl halides is 3. The molecule has 0 spiro atoms. The third-order valence-electron chi connectivity index (χ3n) is 2.87. The van der Waals surface area contributed by atoms with E-state index in [0.29, 0.717) is 5.56 Å². The Morgan fingerprint density at radius 3 is 2.17 bits per heavy atom. The van der Waals surface area contributed by atoms with E-state index in [1.165, 1.54) is 0 Å². The molecule has 0 atom stereocenters. The SMILES string of the molecule is O=C(O)c1cccc(N2CCNCC2)c1.O=S(=O)(O)C(F)(F)F. The minimum absolute atomic E-state index is 0.353. The van der Waals surface area contributed by atoms with Crippen LogP contribution in [-0.2, 0) is 10.1 Å². The van der Waals surface area contributed by atoms with Gasteiger partial charge in [0.15, 0.2) is 0 Å². The number of carboxylic acid groups (broad SMARTS) is 1. The first kappa shape index (κ1) is 19.2. The summed E-state index contributed by atoms with van der Waals surface area (Å²) < 4.78 is 57.5. The highest BCUT2D eigenvalue weighted by Crippen LogP contribution is 2.20. The average Bonchev–Trinajstić information content (AvgIpc) is 2.47. The molecule has 1 aliphatic rings. The molecule has 0 unspecified atom stereocenters. The van der Waals surface area contributed by atoms with Crippen molar-refractivity contribution in [3.05, 3.63) is 29.8 Å². The van der Waals surface area contributed by atoms with Gasteiger partial charge in [0.2, 0.25) is 0 Å². The van der Waals surface area contributed by atoms with Crippen molar-refractivity contribution in [2.45, 2.75) is 5.51 Å². The normalized spacial score (nSPS) is 15.6. The molecule has 1 saturated heterocycles. The smallest absolute Gasteiger partial charge is 0.478 e. The van der Waals surface area contributed by atoms with Crippen molar-refractivity contribution in [1.29, 1.82) is 0 Å². The van der Waals surface area contributed by atoms with Crippen molar-refractivity contribution in [2.75, 3.05) is 31.1 Å². The molecule has 1 heterocycles. The van der Waals surface area contributed by atoms with E-state index in [-0.39, 0.29) is 0 Å². The molecular formula is C12H15F3N2O5S. The van der Waals surface area contributed by atoms with E-state index in [9.17, 15) is 18.0 Å². The van der Waals surface area contributed by atoms with Crippen LogP contribution in [0.1, 0.15) is 10.4 Å². The minimum atomic E-state index is -5.84. The number of carbonyl (C=O) groups is 1. The molecule has 0 bridgehead atoms. The van der Waals surface area contributed by atoms with E-state index >= 15 is 0 Å². The van der Waals surface area contributed by atoms with Gasteiger partial charge in [-0.15, -0.1) is 0 Å². The van der Waals surface area contributed by atoms with Crippen molar-refractivity contribution < 1.29 is 36.0 Å². The number of anilines is 1. The first-order valence-corrected chi connectivity index (χ1v) is 7.79. The van der Waals surface area contributed by atoms with E-state index in [1.807, 2.05) is 6.07 Å². The van der Waals surface area contributed by atoms with Crippen molar-refractivity contribution in [3.63, 3.8) is 0 Å². The fourth-order valence-electron chi connectivity index (χ4n) is 1.76. The van der Waals surface area contributed by atoms with E-state index < -0.39 is 21.6 Å². The van der Waals surface area contributed by atoms with Crippen LogP contribution in [0.25, 0.3) is 0 Å². The number of nitrogens with zero attached hydrogens (tertiary/aromatic N) is 1. The molecule has 1 aromatic rings. The molecule has 130 valence electrons. The lowest BCUT2D eigenvalue weighted by atomic mass is 10.2. The van der Waals surface area contributed by atoms with Crippen LogP contribution in [0.4, 0.5) is 18.9 Å². The third-order valence-corrected chi connectivity index (χ3v) is 3.45. The number of rotatable bonds is 2. The molecule has 23 heavy (non-hydrogen) atoms. The number of halogens is 3. The Bertz CT molecular complexity index is 642. The number of carboxylic acids is 1. The minimum Gasteiger partial charge on any atom is -0.478 e. The lowest BCUT2D eigenvalue weighted by molar-refractivity contribution is -0.0510. The predicted molar refractivity (Wildman–Crippen MR) is 76.1 cm³/mol. The Hall–Kier alpha value is -1.85. The molecule has 0 saturated carbocycles. The van der Waals surface area contributed by atoms with Crippen LogP contribution in [0.3, 0.4) is 0 Å². The summed E-state index contributed by atoms with van der Waals surface area (Å²) >= 11 is 0. The lowest BCUT2D eigenvalue weighted by Gasteiger charge is -2.29. The third kappa shape index (κ3) is 6.04. The quantitative estimate of drug-likeness (QED) is 0.540. The fraction of sp³-hybridized carbons (Fsp3) is 0.417. The number of benzene rings is 1. The Balaban J connectivity index is 0.000000284. The summed E-state index contributed by atoms with van der Waals surface area (Å²) in [5.74, 6) is -0.869. The van der Waals surface area contributed by atoms with Gasteiger partial charge in [0.25, 0.3) is 0 Å². The zero-order valence-corrected chi connectivity index (χ0v) is 12.6. The van der Waals surface area contributed by atoms with Gasteiger partial charge in [-0.3, -0.25) is 4.55 Å². The summed E-state index contributed by atoms with van der Waals surface area (Å²) in [5.41, 5.74) is -4.19. The molecule has 1 aliphatic heterocycles. The largest absolute Gasteiger partial charge is 0.522 e. The second kappa shape index (κ2) is 7.62. The molecule has 1 fully saturated rings. The molecule has 0 amide bonds. The number of hydrogen-bond acceptors (Lipinski definition) is 5. The van der Waals surface area contributed by atoms with Gasteiger partial charge in [-0.1, -0.05) is 6.07 Å². The highest BCUT2D eigenvalue weighted by Gasteiger charge is 2.44. The number of nitrogens with one attached hydrogen (secondary N) is 1. The number of piperazine rings is 1. The highest BCUT2D eigenvalue weighted by molar-refractivity contribution is 7.86. The summed E-state index contributed by atoms with van der Waals surface area (Å²) in [6, 6.07) is 7.10. The molecule has 7 nitrogen and oxygen atoms in total. The Morgan fingerprint density at radius 2 is 1.74 bits per heavy atom. The summed E-state index contributed by atoms with van der Waals surface area (Å²) in [6.07, 6.45) is 0. The first-order valence-electron chi connectivity index (χ1n) is 6.35. The molecule has 0 aromatic heterocycles. The fourth-order valence-corrected chi connectivity index (χ4v) is 1.76. The zero-order chi connectivity index (χ0) is 17.7. The predicted octanol–water partition coefficient (Wildman–Crippen LogP) is 1.19. The summed E-state index contributed by atoms with van der Waals surface area (Å²) in [4.78, 5) is 13.0. The van der Waals surface area contributed by atoms with Gasteiger partial charge >= 0.3 is 21.6 Å². The van der Waals surface area contributed by atoms with Gasteiger partial charge in [0, 0.05) is 31.9 Å². The summed E-state index contributed by atoms with van der Waals surface area (Å²) in [7, 11) is -5.84. The Kier molecular flexibility index (Phi) is 6.36. The van der Waals surface area contributed by atoms with Gasteiger partial charge in [-0.25, -0.2) is 4.79 Å². The zero-order valence-electron chi connectivity index (χ0n) is 11.7. The van der Waals surface area contributed by atoms with Crippen LogP contribution in [-0.4, -0.2) is 55.7 Å². The average molecular weight is 356 g/mol. The van der Waals surface area contributed by atoms with Gasteiger partial charge < -0.3 is 15.3 Å². The monoisotopic (exact) mass is 356 g/mol. The first-order chi connectivity index (χ1) is 10.5. The molecule has 1 aromatic carbocycles.